The third-order valence-electron chi connectivity index (χ3n) is 4.86. The van der Waals surface area contributed by atoms with Crippen molar-refractivity contribution in [1.29, 1.82) is 0 Å². The Bertz CT molecular complexity index is 1030. The Labute approximate surface area is 193 Å². The normalized spacial score (nSPS) is 12.1. The Kier molecular flexibility index (Phi) is 8.30. The quantitative estimate of drug-likeness (QED) is 0.437. The minimum Gasteiger partial charge on any atom is -0.493 e. The molecule has 32 heavy (non-hydrogen) atoms. The summed E-state index contributed by atoms with van der Waals surface area (Å²) in [4.78, 5) is 27.5. The predicted octanol–water partition coefficient (Wildman–Crippen LogP) is 4.94. The SMILES string of the molecule is COCCCOc1cc(C(=O)N[C@H](C)c2cnc(C)cn2)cc(-c2ncc(C(C)C)s2)c1. The highest BCUT2D eigenvalue weighted by atomic mass is 32.1. The van der Waals surface area contributed by atoms with E-state index in [0.29, 0.717) is 36.1 Å². The second-order valence-corrected chi connectivity index (χ2v) is 9.00. The van der Waals surface area contributed by atoms with Crippen molar-refractivity contribution in [1.82, 2.24) is 20.3 Å². The summed E-state index contributed by atoms with van der Waals surface area (Å²) in [5.74, 6) is 0.825. The molecule has 8 heteroatoms. The van der Waals surface area contributed by atoms with E-state index >= 15 is 0 Å². The number of ether oxygens (including phenoxy) is 2. The van der Waals surface area contributed by atoms with Gasteiger partial charge in [-0.05, 0) is 38.0 Å². The highest BCUT2D eigenvalue weighted by Crippen LogP contribution is 2.32. The van der Waals surface area contributed by atoms with Crippen LogP contribution in [0, 0.1) is 6.92 Å². The van der Waals surface area contributed by atoms with E-state index in [2.05, 4.69) is 34.1 Å². The number of carbonyl (C=O) groups is 1. The average molecular weight is 455 g/mol. The van der Waals surface area contributed by atoms with Crippen molar-refractivity contribution in [3.05, 3.63) is 58.6 Å². The molecule has 0 saturated heterocycles. The highest BCUT2D eigenvalue weighted by Gasteiger charge is 2.17. The van der Waals surface area contributed by atoms with Crippen LogP contribution in [-0.2, 0) is 4.74 Å². The van der Waals surface area contributed by atoms with Crippen LogP contribution in [0.25, 0.3) is 10.6 Å². The zero-order valence-corrected chi connectivity index (χ0v) is 20.0. The van der Waals surface area contributed by atoms with Crippen molar-refractivity contribution in [2.75, 3.05) is 20.3 Å². The molecule has 0 aliphatic rings. The summed E-state index contributed by atoms with van der Waals surface area (Å²) < 4.78 is 11.0. The number of hydrogen-bond donors (Lipinski definition) is 1. The summed E-state index contributed by atoms with van der Waals surface area (Å²) in [5, 5.41) is 3.87. The lowest BCUT2D eigenvalue weighted by Gasteiger charge is -2.15. The third kappa shape index (κ3) is 6.34. The fourth-order valence-corrected chi connectivity index (χ4v) is 3.90. The minimum absolute atomic E-state index is 0.205. The van der Waals surface area contributed by atoms with E-state index in [4.69, 9.17) is 9.47 Å². The molecule has 0 fully saturated rings. The van der Waals surface area contributed by atoms with Crippen LogP contribution in [0.15, 0.2) is 36.8 Å². The van der Waals surface area contributed by atoms with E-state index in [-0.39, 0.29) is 11.9 Å². The van der Waals surface area contributed by atoms with Crippen LogP contribution in [0.4, 0.5) is 0 Å². The van der Waals surface area contributed by atoms with Gasteiger partial charge in [0.05, 0.1) is 30.2 Å². The second kappa shape index (κ2) is 11.2. The van der Waals surface area contributed by atoms with E-state index in [1.807, 2.05) is 32.2 Å². The van der Waals surface area contributed by atoms with Gasteiger partial charge in [-0.3, -0.25) is 14.8 Å². The van der Waals surface area contributed by atoms with E-state index in [1.165, 1.54) is 4.88 Å². The number of aryl methyl sites for hydroxylation is 1. The predicted molar refractivity (Wildman–Crippen MR) is 126 cm³/mol. The Hall–Kier alpha value is -2.84. The fourth-order valence-electron chi connectivity index (χ4n) is 3.00. The molecule has 170 valence electrons. The van der Waals surface area contributed by atoms with Crippen LogP contribution in [0.1, 0.15) is 65.8 Å². The number of aromatic nitrogens is 3. The third-order valence-corrected chi connectivity index (χ3v) is 6.21. The van der Waals surface area contributed by atoms with Crippen molar-refractivity contribution in [2.45, 2.75) is 46.1 Å². The maximum absolute atomic E-state index is 13.1. The number of methoxy groups -OCH3 is 1. The van der Waals surface area contributed by atoms with Crippen molar-refractivity contribution in [3.63, 3.8) is 0 Å². The monoisotopic (exact) mass is 454 g/mol. The number of nitrogens with zero attached hydrogens (tertiary/aromatic N) is 3. The largest absolute Gasteiger partial charge is 0.493 e. The van der Waals surface area contributed by atoms with Crippen molar-refractivity contribution < 1.29 is 14.3 Å². The number of carbonyl (C=O) groups excluding carboxylic acids is 1. The average Bonchev–Trinajstić information content (AvgIpc) is 3.28. The lowest BCUT2D eigenvalue weighted by Crippen LogP contribution is -2.27. The summed E-state index contributed by atoms with van der Waals surface area (Å²) in [6, 6.07) is 5.27. The van der Waals surface area contributed by atoms with Gasteiger partial charge in [0.1, 0.15) is 10.8 Å². The van der Waals surface area contributed by atoms with Gasteiger partial charge in [0, 0.05) is 48.5 Å². The molecule has 0 saturated carbocycles. The molecule has 0 bridgehead atoms. The smallest absolute Gasteiger partial charge is 0.251 e. The molecule has 2 heterocycles. The Morgan fingerprint density at radius 3 is 2.53 bits per heavy atom. The standard InChI is InChI=1S/C24H30N4O3S/c1-15(2)22-14-27-24(32-22)19-9-18(10-20(11-19)31-8-6-7-30-5)23(29)28-17(4)21-13-25-16(3)12-26-21/h9-15,17H,6-8H2,1-5H3,(H,28,29)/t17-/m1/s1. The number of nitrogens with one attached hydrogen (secondary N) is 1. The lowest BCUT2D eigenvalue weighted by molar-refractivity contribution is 0.0938. The highest BCUT2D eigenvalue weighted by molar-refractivity contribution is 7.15. The molecule has 7 nitrogen and oxygen atoms in total. The van der Waals surface area contributed by atoms with Gasteiger partial charge in [-0.2, -0.15) is 0 Å². The first-order chi connectivity index (χ1) is 15.4. The Balaban J connectivity index is 1.84. The molecule has 3 rings (SSSR count). The first-order valence-corrected chi connectivity index (χ1v) is 11.5. The lowest BCUT2D eigenvalue weighted by atomic mass is 10.1. The Morgan fingerprint density at radius 2 is 1.88 bits per heavy atom. The zero-order chi connectivity index (χ0) is 23.1. The van der Waals surface area contributed by atoms with Crippen LogP contribution in [0.2, 0.25) is 0 Å². The minimum atomic E-state index is -0.280. The molecule has 1 N–H and O–H groups in total. The van der Waals surface area contributed by atoms with E-state index in [9.17, 15) is 4.79 Å². The van der Waals surface area contributed by atoms with Gasteiger partial charge in [0.15, 0.2) is 0 Å². The van der Waals surface area contributed by atoms with Gasteiger partial charge in [0.25, 0.3) is 5.91 Å². The fraction of sp³-hybridized carbons (Fsp3) is 0.417. The maximum Gasteiger partial charge on any atom is 0.251 e. The molecule has 0 spiro atoms. The first-order valence-electron chi connectivity index (χ1n) is 10.7. The summed E-state index contributed by atoms with van der Waals surface area (Å²) >= 11 is 1.63. The topological polar surface area (TPSA) is 86.2 Å². The molecule has 3 aromatic rings. The van der Waals surface area contributed by atoms with Crippen LogP contribution < -0.4 is 10.1 Å². The molecular weight excluding hydrogens is 424 g/mol. The van der Waals surface area contributed by atoms with Gasteiger partial charge in [-0.25, -0.2) is 4.98 Å². The summed E-state index contributed by atoms with van der Waals surface area (Å²) in [6.45, 7) is 9.17. The second-order valence-electron chi connectivity index (χ2n) is 7.94. The molecule has 0 unspecified atom stereocenters. The van der Waals surface area contributed by atoms with Crippen LogP contribution in [0.3, 0.4) is 0 Å². The van der Waals surface area contributed by atoms with Crippen molar-refractivity contribution in [2.24, 2.45) is 0 Å². The molecule has 0 radical (unpaired) electrons. The number of benzene rings is 1. The maximum atomic E-state index is 13.1. The van der Waals surface area contributed by atoms with Gasteiger partial charge >= 0.3 is 0 Å². The van der Waals surface area contributed by atoms with Gasteiger partial charge in [-0.15, -0.1) is 11.3 Å². The summed E-state index contributed by atoms with van der Waals surface area (Å²) in [6.07, 6.45) is 6.04. The first kappa shape index (κ1) is 23.8. The zero-order valence-electron chi connectivity index (χ0n) is 19.2. The number of thiazole rings is 1. The van der Waals surface area contributed by atoms with Gasteiger partial charge in [-0.1, -0.05) is 13.8 Å². The molecule has 1 atom stereocenters. The molecule has 0 aliphatic heterocycles. The van der Waals surface area contributed by atoms with Crippen molar-refractivity contribution >= 4 is 17.2 Å². The van der Waals surface area contributed by atoms with Gasteiger partial charge < -0.3 is 14.8 Å². The van der Waals surface area contributed by atoms with E-state index < -0.39 is 0 Å². The number of amides is 1. The van der Waals surface area contributed by atoms with Crippen LogP contribution >= 0.6 is 11.3 Å². The Morgan fingerprint density at radius 1 is 1.06 bits per heavy atom. The number of rotatable bonds is 10. The molecule has 1 amide bonds. The van der Waals surface area contributed by atoms with Crippen LogP contribution in [-0.4, -0.2) is 41.2 Å². The molecule has 1 aromatic carbocycles. The summed E-state index contributed by atoms with van der Waals surface area (Å²) in [7, 11) is 1.66. The molecule has 2 aromatic heterocycles. The van der Waals surface area contributed by atoms with Crippen molar-refractivity contribution in [3.8, 4) is 16.3 Å². The molecule has 0 aliphatic carbocycles. The summed E-state index contributed by atoms with van der Waals surface area (Å²) in [5.41, 5.74) is 2.91. The van der Waals surface area contributed by atoms with Gasteiger partial charge in [0.2, 0.25) is 0 Å². The van der Waals surface area contributed by atoms with E-state index in [0.717, 1.165) is 22.7 Å². The van der Waals surface area contributed by atoms with Crippen LogP contribution in [0.5, 0.6) is 5.75 Å². The molecular formula is C24H30N4O3S. The van der Waals surface area contributed by atoms with E-state index in [1.54, 1.807) is 36.9 Å². The number of hydrogen-bond acceptors (Lipinski definition) is 7.